The molecule has 0 spiro atoms. The van der Waals surface area contributed by atoms with Crippen molar-refractivity contribution in [1.29, 1.82) is 0 Å². The third-order valence-corrected chi connectivity index (χ3v) is 5.35. The number of rotatable bonds is 2. The number of hydrogen-bond acceptors (Lipinski definition) is 0. The van der Waals surface area contributed by atoms with E-state index < -0.39 is 35.0 Å². The molecule has 7 heteroatoms. The monoisotopic (exact) mass is 448 g/mol. The molecule has 0 radical (unpaired) electrons. The van der Waals surface area contributed by atoms with E-state index in [0.717, 1.165) is 49.3 Å². The molecule has 0 fully saturated rings. The van der Waals surface area contributed by atoms with Gasteiger partial charge in [0.1, 0.15) is 23.3 Å². The maximum atomic E-state index is 14.8. The Balaban J connectivity index is 1.79. The normalized spacial score (nSPS) is 14.2. The minimum atomic E-state index is -4.91. The van der Waals surface area contributed by atoms with E-state index in [-0.39, 0.29) is 21.9 Å². The van der Waals surface area contributed by atoms with Crippen LogP contribution in [0.25, 0.3) is 27.5 Å². The molecule has 164 valence electrons. The number of alkyl halides is 3. The Morgan fingerprint density at radius 3 is 2.12 bits per heavy atom. The van der Waals surface area contributed by atoms with Crippen LogP contribution < -0.4 is 0 Å². The van der Waals surface area contributed by atoms with Crippen LogP contribution in [-0.2, 0) is 0 Å². The highest BCUT2D eigenvalue weighted by molar-refractivity contribution is 5.89. The fraction of sp³-hybridized carbons (Fsp3) is 0.200. The third-order valence-electron chi connectivity index (χ3n) is 5.35. The minimum absolute atomic E-state index is 0.0459. The average Bonchev–Trinajstić information content (AvgIpc) is 2.72. The molecular weight excluding hydrogens is 433 g/mol. The lowest BCUT2D eigenvalue weighted by atomic mass is 9.91. The Bertz CT molecular complexity index is 1280. The molecule has 0 saturated heterocycles. The molecule has 0 heterocycles. The maximum absolute atomic E-state index is 14.8. The largest absolute Gasteiger partial charge is 0.458 e. The van der Waals surface area contributed by atoms with Crippen molar-refractivity contribution in [2.75, 3.05) is 0 Å². The molecule has 0 bridgehead atoms. The van der Waals surface area contributed by atoms with Gasteiger partial charge in [0, 0.05) is 11.3 Å². The first-order chi connectivity index (χ1) is 15.1. The second kappa shape index (κ2) is 8.34. The molecule has 3 aromatic rings. The molecule has 0 saturated carbocycles. The molecule has 3 aromatic carbocycles. The molecule has 1 aliphatic carbocycles. The highest BCUT2D eigenvalue weighted by Gasteiger charge is 2.24. The van der Waals surface area contributed by atoms with Gasteiger partial charge in [0.2, 0.25) is 0 Å². The number of halogens is 7. The maximum Gasteiger partial charge on any atom is 0.458 e. The van der Waals surface area contributed by atoms with Crippen LogP contribution in [-0.4, -0.2) is 6.18 Å². The van der Waals surface area contributed by atoms with Crippen LogP contribution >= 0.6 is 0 Å². The first-order valence-electron chi connectivity index (χ1n) is 9.84. The summed E-state index contributed by atoms with van der Waals surface area (Å²) in [6.45, 7) is 0. The first-order valence-corrected chi connectivity index (χ1v) is 9.84. The lowest BCUT2D eigenvalue weighted by Gasteiger charge is -2.15. The van der Waals surface area contributed by atoms with E-state index in [2.05, 4.69) is 0 Å². The summed E-state index contributed by atoms with van der Waals surface area (Å²) >= 11 is 0. The first kappa shape index (κ1) is 21.9. The lowest BCUT2D eigenvalue weighted by Crippen LogP contribution is -2.02. The standard InChI is InChI=1S/C25H15F7/c26-20-13-17-10-15(6-7-18(17)24(29)19(20)8-9-25(30,31)32)23-21(27)11-16(12-22(23)28)14-4-2-1-3-5-14/h4,6-7,10-13H,1-3,5H2. The van der Waals surface area contributed by atoms with Gasteiger partial charge in [0.25, 0.3) is 0 Å². The lowest BCUT2D eigenvalue weighted by molar-refractivity contribution is -0.0696. The highest BCUT2D eigenvalue weighted by atomic mass is 19.4. The van der Waals surface area contributed by atoms with Gasteiger partial charge in [-0.2, -0.15) is 13.2 Å². The van der Waals surface area contributed by atoms with Crippen molar-refractivity contribution in [3.8, 4) is 23.0 Å². The van der Waals surface area contributed by atoms with Crippen LogP contribution in [0.15, 0.2) is 42.5 Å². The van der Waals surface area contributed by atoms with Gasteiger partial charge in [-0.05, 0) is 72.0 Å². The second-order valence-corrected chi connectivity index (χ2v) is 7.52. The smallest absolute Gasteiger partial charge is 0.206 e. The Morgan fingerprint density at radius 2 is 1.50 bits per heavy atom. The molecule has 0 amide bonds. The van der Waals surface area contributed by atoms with E-state index in [4.69, 9.17) is 0 Å². The minimum Gasteiger partial charge on any atom is -0.206 e. The van der Waals surface area contributed by atoms with E-state index in [1.54, 1.807) is 0 Å². The van der Waals surface area contributed by atoms with Crippen LogP contribution in [0.3, 0.4) is 0 Å². The van der Waals surface area contributed by atoms with Crippen molar-refractivity contribution < 1.29 is 30.7 Å². The highest BCUT2D eigenvalue weighted by Crippen LogP contribution is 2.35. The van der Waals surface area contributed by atoms with E-state index >= 15 is 0 Å². The molecule has 1 aliphatic rings. The van der Waals surface area contributed by atoms with E-state index in [1.165, 1.54) is 30.2 Å². The fourth-order valence-electron chi connectivity index (χ4n) is 3.87. The number of benzene rings is 3. The van der Waals surface area contributed by atoms with Crippen LogP contribution in [0.2, 0.25) is 0 Å². The van der Waals surface area contributed by atoms with Crippen molar-refractivity contribution in [2.24, 2.45) is 0 Å². The van der Waals surface area contributed by atoms with Gasteiger partial charge >= 0.3 is 6.18 Å². The van der Waals surface area contributed by atoms with Crippen molar-refractivity contribution in [3.05, 3.63) is 76.9 Å². The van der Waals surface area contributed by atoms with Crippen LogP contribution in [0.1, 0.15) is 36.8 Å². The molecule has 32 heavy (non-hydrogen) atoms. The van der Waals surface area contributed by atoms with Gasteiger partial charge in [-0.3, -0.25) is 0 Å². The summed E-state index contributed by atoms with van der Waals surface area (Å²) in [7, 11) is 0. The van der Waals surface area contributed by atoms with Gasteiger partial charge < -0.3 is 0 Å². The number of fused-ring (bicyclic) bond motifs is 1. The van der Waals surface area contributed by atoms with Gasteiger partial charge in [-0.25, -0.2) is 17.6 Å². The summed E-state index contributed by atoms with van der Waals surface area (Å²) in [4.78, 5) is 0. The summed E-state index contributed by atoms with van der Waals surface area (Å²) in [5, 5.41) is -0.278. The van der Waals surface area contributed by atoms with Gasteiger partial charge in [0.15, 0.2) is 0 Å². The van der Waals surface area contributed by atoms with E-state index in [0.29, 0.717) is 5.56 Å². The molecule has 0 nitrogen and oxygen atoms in total. The zero-order chi connectivity index (χ0) is 23.0. The predicted molar refractivity (Wildman–Crippen MR) is 109 cm³/mol. The van der Waals surface area contributed by atoms with E-state index in [1.807, 2.05) is 6.08 Å². The second-order valence-electron chi connectivity index (χ2n) is 7.52. The van der Waals surface area contributed by atoms with Gasteiger partial charge in [0.05, 0.1) is 11.1 Å². The molecule has 0 atom stereocenters. The summed E-state index contributed by atoms with van der Waals surface area (Å²) < 4.78 is 95.4. The Morgan fingerprint density at radius 1 is 0.781 bits per heavy atom. The summed E-state index contributed by atoms with van der Waals surface area (Å²) in [6, 6.07) is 6.80. The molecule has 0 aromatic heterocycles. The van der Waals surface area contributed by atoms with Crippen LogP contribution in [0.4, 0.5) is 30.7 Å². The van der Waals surface area contributed by atoms with Gasteiger partial charge in [-0.15, -0.1) is 0 Å². The molecule has 0 N–H and O–H groups in total. The van der Waals surface area contributed by atoms with Crippen molar-refractivity contribution in [2.45, 2.75) is 31.9 Å². The molecule has 0 unspecified atom stereocenters. The quantitative estimate of drug-likeness (QED) is 0.276. The van der Waals surface area contributed by atoms with Crippen molar-refractivity contribution >= 4 is 16.3 Å². The van der Waals surface area contributed by atoms with Crippen LogP contribution in [0.5, 0.6) is 0 Å². The molecule has 0 aliphatic heterocycles. The number of allylic oxidation sites excluding steroid dienone is 2. The predicted octanol–water partition coefficient (Wildman–Crippen LogP) is 7.93. The summed E-state index contributed by atoms with van der Waals surface area (Å²) in [5.74, 6) is -1.92. The molecular formula is C25H15F7. The third kappa shape index (κ3) is 4.36. The zero-order valence-electron chi connectivity index (χ0n) is 16.5. The van der Waals surface area contributed by atoms with Crippen molar-refractivity contribution in [1.82, 2.24) is 0 Å². The fourth-order valence-corrected chi connectivity index (χ4v) is 3.87. The zero-order valence-corrected chi connectivity index (χ0v) is 16.5. The SMILES string of the molecule is Fc1cc2cc(-c3c(F)cc(C4=CCCCC4)cc3F)ccc2c(F)c1C#CC(F)(F)F. The Hall–Kier alpha value is -3.27. The van der Waals surface area contributed by atoms with Crippen LogP contribution in [0, 0.1) is 35.1 Å². The molecule has 4 rings (SSSR count). The van der Waals surface area contributed by atoms with E-state index in [9.17, 15) is 30.7 Å². The topological polar surface area (TPSA) is 0 Å². The Labute approximate surface area is 179 Å². The Kier molecular flexibility index (Phi) is 5.72. The average molecular weight is 448 g/mol. The summed E-state index contributed by atoms with van der Waals surface area (Å²) in [5.41, 5.74) is -0.00609. The van der Waals surface area contributed by atoms with Crippen molar-refractivity contribution in [3.63, 3.8) is 0 Å². The van der Waals surface area contributed by atoms with Gasteiger partial charge in [-0.1, -0.05) is 24.1 Å². The number of hydrogen-bond donors (Lipinski definition) is 0. The summed E-state index contributed by atoms with van der Waals surface area (Å²) in [6.07, 6.45) is 0.586.